The van der Waals surface area contributed by atoms with Crippen LogP contribution in [0.3, 0.4) is 0 Å². The molecule has 0 aliphatic carbocycles. The molecule has 0 radical (unpaired) electrons. The molecule has 2 atom stereocenters. The molecule has 2 rings (SSSR count). The maximum absolute atomic E-state index is 9.03. The lowest BCUT2D eigenvalue weighted by Crippen LogP contribution is -2.43. The molecule has 0 saturated carbocycles. The van der Waals surface area contributed by atoms with Crippen LogP contribution in [0.1, 0.15) is 33.1 Å². The minimum Gasteiger partial charge on any atom is -0.396 e. The molecule has 0 amide bonds. The van der Waals surface area contributed by atoms with Crippen LogP contribution in [0.4, 0.5) is 0 Å². The monoisotopic (exact) mass is 412 g/mol. The largest absolute Gasteiger partial charge is 0.396 e. The second-order valence-corrected chi connectivity index (χ2v) is 7.68. The average Bonchev–Trinajstić information content (AvgIpc) is 3.67. The van der Waals surface area contributed by atoms with Crippen LogP contribution < -0.4 is 0 Å². The van der Waals surface area contributed by atoms with E-state index in [-0.39, 0.29) is 13.2 Å². The van der Waals surface area contributed by atoms with Gasteiger partial charge in [-0.25, -0.2) is 0 Å². The van der Waals surface area contributed by atoms with Crippen molar-refractivity contribution in [2.75, 3.05) is 66.1 Å². The lowest BCUT2D eigenvalue weighted by atomic mass is 9.91. The summed E-state index contributed by atoms with van der Waals surface area (Å²) >= 11 is 0. The Bertz CT molecular complexity index is 315. The van der Waals surface area contributed by atoms with Crippen molar-refractivity contribution in [3.05, 3.63) is 0 Å². The van der Waals surface area contributed by atoms with Crippen LogP contribution in [-0.2, 0) is 14.2 Å². The van der Waals surface area contributed by atoms with Crippen molar-refractivity contribution in [1.29, 1.82) is 0 Å². The average molecular weight is 413 g/mol. The van der Waals surface area contributed by atoms with Gasteiger partial charge in [0.05, 0.1) is 89.1 Å². The van der Waals surface area contributed by atoms with E-state index in [0.29, 0.717) is 12.2 Å². The van der Waals surface area contributed by atoms with Gasteiger partial charge in [-0.3, -0.25) is 0 Å². The summed E-state index contributed by atoms with van der Waals surface area (Å²) in [6.45, 7) is 3.27. The highest BCUT2D eigenvalue weighted by Gasteiger charge is 2.32. The fraction of sp³-hybridized carbons (Fsp3) is 1.00. The van der Waals surface area contributed by atoms with Crippen molar-refractivity contribution in [3.63, 3.8) is 0 Å². The SMILES string of the molecule is CC1CO1.CCCCC1CO1.OCC(CO)(CO)COCC(CO)(CO)CO. The second-order valence-electron chi connectivity index (χ2n) is 7.68. The molecule has 170 valence electrons. The van der Waals surface area contributed by atoms with E-state index < -0.39 is 50.5 Å². The summed E-state index contributed by atoms with van der Waals surface area (Å²) in [4.78, 5) is 0. The molecule has 2 aliphatic rings. The third kappa shape index (κ3) is 12.3. The summed E-state index contributed by atoms with van der Waals surface area (Å²) < 4.78 is 14.9. The molecule has 0 spiro atoms. The third-order valence-electron chi connectivity index (χ3n) is 4.61. The molecule has 2 unspecified atom stereocenters. The number of epoxide rings is 2. The van der Waals surface area contributed by atoms with Crippen molar-refractivity contribution < 1.29 is 44.8 Å². The quantitative estimate of drug-likeness (QED) is 0.207. The van der Waals surface area contributed by atoms with Crippen LogP contribution in [0.15, 0.2) is 0 Å². The topological polar surface area (TPSA) is 156 Å². The van der Waals surface area contributed by atoms with Crippen molar-refractivity contribution in [2.45, 2.75) is 45.3 Å². The number of aliphatic hydroxyl groups excluding tert-OH is 6. The smallest absolute Gasteiger partial charge is 0.0810 e. The van der Waals surface area contributed by atoms with Crippen molar-refractivity contribution >= 4 is 0 Å². The summed E-state index contributed by atoms with van der Waals surface area (Å²) in [7, 11) is 0. The summed E-state index contributed by atoms with van der Waals surface area (Å²) in [5.41, 5.74) is -2.32. The molecule has 2 fully saturated rings. The van der Waals surface area contributed by atoms with Crippen LogP contribution in [0, 0.1) is 10.8 Å². The first-order valence-corrected chi connectivity index (χ1v) is 9.86. The molecule has 6 N–H and O–H groups in total. The Kier molecular flexibility index (Phi) is 15.3. The van der Waals surface area contributed by atoms with Gasteiger partial charge >= 0.3 is 0 Å². The van der Waals surface area contributed by atoms with Crippen LogP contribution in [0.5, 0.6) is 0 Å². The highest BCUT2D eigenvalue weighted by Crippen LogP contribution is 2.19. The Morgan fingerprint density at radius 3 is 1.36 bits per heavy atom. The zero-order chi connectivity index (χ0) is 21.5. The van der Waals surface area contributed by atoms with E-state index in [9.17, 15) is 0 Å². The molecule has 0 bridgehead atoms. The van der Waals surface area contributed by atoms with Crippen LogP contribution in [0.2, 0.25) is 0 Å². The van der Waals surface area contributed by atoms with E-state index in [0.717, 1.165) is 13.2 Å². The molecule has 28 heavy (non-hydrogen) atoms. The highest BCUT2D eigenvalue weighted by atomic mass is 16.6. The van der Waals surface area contributed by atoms with E-state index in [1.807, 2.05) is 0 Å². The Morgan fingerprint density at radius 2 is 1.14 bits per heavy atom. The van der Waals surface area contributed by atoms with Gasteiger partial charge in [-0.2, -0.15) is 0 Å². The lowest BCUT2D eigenvalue weighted by Gasteiger charge is -2.31. The van der Waals surface area contributed by atoms with Gasteiger partial charge in [0.15, 0.2) is 0 Å². The first-order valence-electron chi connectivity index (χ1n) is 9.86. The highest BCUT2D eigenvalue weighted by molar-refractivity contribution is 4.80. The van der Waals surface area contributed by atoms with Crippen LogP contribution >= 0.6 is 0 Å². The summed E-state index contributed by atoms with van der Waals surface area (Å²) in [5.74, 6) is 0. The van der Waals surface area contributed by atoms with Gasteiger partial charge in [-0.05, 0) is 13.3 Å². The maximum Gasteiger partial charge on any atom is 0.0810 e. The van der Waals surface area contributed by atoms with Crippen LogP contribution in [0.25, 0.3) is 0 Å². The van der Waals surface area contributed by atoms with Gasteiger partial charge in [0.2, 0.25) is 0 Å². The zero-order valence-corrected chi connectivity index (χ0v) is 17.3. The van der Waals surface area contributed by atoms with Gasteiger partial charge < -0.3 is 44.8 Å². The first kappa shape index (κ1) is 27.6. The van der Waals surface area contributed by atoms with E-state index in [4.69, 9.17) is 44.8 Å². The van der Waals surface area contributed by atoms with Crippen molar-refractivity contribution in [3.8, 4) is 0 Å². The molecular formula is C19H40O9. The number of hydrogen-bond donors (Lipinski definition) is 6. The van der Waals surface area contributed by atoms with E-state index in [1.54, 1.807) is 0 Å². The third-order valence-corrected chi connectivity index (χ3v) is 4.61. The summed E-state index contributed by atoms with van der Waals surface area (Å²) in [5, 5.41) is 54.2. The number of aliphatic hydroxyl groups is 6. The molecular weight excluding hydrogens is 372 g/mol. The van der Waals surface area contributed by atoms with Gasteiger partial charge in [-0.1, -0.05) is 19.8 Å². The van der Waals surface area contributed by atoms with Crippen LogP contribution in [-0.4, -0.2) is 109 Å². The lowest BCUT2D eigenvalue weighted by molar-refractivity contribution is -0.103. The molecule has 9 nitrogen and oxygen atoms in total. The summed E-state index contributed by atoms with van der Waals surface area (Å²) in [6.07, 6.45) is 5.17. The van der Waals surface area contributed by atoms with Crippen molar-refractivity contribution in [1.82, 2.24) is 0 Å². The Hall–Kier alpha value is -0.360. The van der Waals surface area contributed by atoms with E-state index in [1.165, 1.54) is 19.3 Å². The fourth-order valence-electron chi connectivity index (χ4n) is 1.82. The number of unbranched alkanes of at least 4 members (excludes halogenated alkanes) is 1. The minimum absolute atomic E-state index is 0.141. The Balaban J connectivity index is 0.000000528. The van der Waals surface area contributed by atoms with Gasteiger partial charge in [-0.15, -0.1) is 0 Å². The normalized spacial score (nSPS) is 20.6. The maximum atomic E-state index is 9.03. The zero-order valence-electron chi connectivity index (χ0n) is 17.3. The molecule has 9 heteroatoms. The molecule has 2 saturated heterocycles. The predicted molar refractivity (Wildman–Crippen MR) is 103 cm³/mol. The number of rotatable bonds is 13. The van der Waals surface area contributed by atoms with Gasteiger partial charge in [0.25, 0.3) is 0 Å². The summed E-state index contributed by atoms with van der Waals surface area (Å²) in [6, 6.07) is 0. The fourth-order valence-corrected chi connectivity index (χ4v) is 1.82. The second kappa shape index (κ2) is 15.5. The molecule has 2 heterocycles. The molecule has 0 aromatic rings. The molecule has 2 aliphatic heterocycles. The Labute approximate surface area is 167 Å². The molecule has 0 aromatic carbocycles. The van der Waals surface area contributed by atoms with Crippen molar-refractivity contribution in [2.24, 2.45) is 10.8 Å². The standard InChI is InChI=1S/C10H22O7.C6H12O.C3H6O/c11-1-9(2-12,3-13)7-17-8-10(4-14,5-15)6-16;1-2-3-4-6-5-7-6;1-3-2-4-3/h11-16H,1-8H2;6H,2-5H2,1H3;3H,2H2,1H3. The van der Waals surface area contributed by atoms with Gasteiger partial charge in [0, 0.05) is 0 Å². The molecule has 0 aromatic heterocycles. The number of ether oxygens (including phenoxy) is 3. The predicted octanol–water partition coefficient (Wildman–Crippen LogP) is -1.09. The number of hydrogen-bond acceptors (Lipinski definition) is 9. The van der Waals surface area contributed by atoms with Gasteiger partial charge in [0.1, 0.15) is 0 Å². The minimum atomic E-state index is -1.16. The first-order chi connectivity index (χ1) is 13.4. The van der Waals surface area contributed by atoms with E-state index in [2.05, 4.69) is 13.8 Å². The van der Waals surface area contributed by atoms with E-state index >= 15 is 0 Å². The Morgan fingerprint density at radius 1 is 0.786 bits per heavy atom.